The van der Waals surface area contributed by atoms with Gasteiger partial charge < -0.3 is 15.4 Å². The maximum absolute atomic E-state index is 11.7. The van der Waals surface area contributed by atoms with Gasteiger partial charge in [0.15, 0.2) is 0 Å². The fraction of sp³-hybridized carbons (Fsp3) is 0.769. The van der Waals surface area contributed by atoms with Crippen LogP contribution in [0.4, 0.5) is 0 Å². The van der Waals surface area contributed by atoms with E-state index in [1.54, 1.807) is 13.8 Å². The molecule has 0 saturated heterocycles. The SMILES string of the molecule is CCCNC(=O)CCC(=O)NC(C)(CC)C(=O)OC. The van der Waals surface area contributed by atoms with Gasteiger partial charge in [-0.1, -0.05) is 13.8 Å². The molecular weight excluding hydrogens is 248 g/mol. The lowest BCUT2D eigenvalue weighted by Gasteiger charge is -2.26. The highest BCUT2D eigenvalue weighted by atomic mass is 16.5. The van der Waals surface area contributed by atoms with Gasteiger partial charge in [0.25, 0.3) is 0 Å². The highest BCUT2D eigenvalue weighted by Crippen LogP contribution is 2.11. The van der Waals surface area contributed by atoms with E-state index >= 15 is 0 Å². The molecule has 19 heavy (non-hydrogen) atoms. The topological polar surface area (TPSA) is 84.5 Å². The first-order valence-electron chi connectivity index (χ1n) is 6.55. The molecule has 0 spiro atoms. The Morgan fingerprint density at radius 2 is 1.68 bits per heavy atom. The van der Waals surface area contributed by atoms with Crippen LogP contribution < -0.4 is 10.6 Å². The summed E-state index contributed by atoms with van der Waals surface area (Å²) >= 11 is 0. The minimum Gasteiger partial charge on any atom is -0.467 e. The van der Waals surface area contributed by atoms with Crippen molar-refractivity contribution in [2.75, 3.05) is 13.7 Å². The van der Waals surface area contributed by atoms with Gasteiger partial charge >= 0.3 is 5.97 Å². The first-order chi connectivity index (χ1) is 8.89. The predicted molar refractivity (Wildman–Crippen MR) is 71.4 cm³/mol. The fourth-order valence-corrected chi connectivity index (χ4v) is 1.46. The molecule has 0 aromatic rings. The second-order valence-electron chi connectivity index (χ2n) is 4.58. The molecule has 0 heterocycles. The summed E-state index contributed by atoms with van der Waals surface area (Å²) in [5.41, 5.74) is -1.04. The molecule has 0 aliphatic heterocycles. The molecule has 0 radical (unpaired) electrons. The second kappa shape index (κ2) is 8.50. The maximum atomic E-state index is 11.7. The summed E-state index contributed by atoms with van der Waals surface area (Å²) in [4.78, 5) is 34.6. The van der Waals surface area contributed by atoms with Crippen LogP contribution in [0.25, 0.3) is 0 Å². The van der Waals surface area contributed by atoms with Crippen LogP contribution in [0, 0.1) is 0 Å². The minimum absolute atomic E-state index is 0.0577. The van der Waals surface area contributed by atoms with E-state index in [0.717, 1.165) is 6.42 Å². The van der Waals surface area contributed by atoms with Crippen molar-refractivity contribution in [1.82, 2.24) is 10.6 Å². The van der Waals surface area contributed by atoms with Crippen molar-refractivity contribution >= 4 is 17.8 Å². The molecule has 6 heteroatoms. The first kappa shape index (κ1) is 17.4. The number of hydrogen-bond acceptors (Lipinski definition) is 4. The van der Waals surface area contributed by atoms with Crippen LogP contribution in [-0.4, -0.2) is 37.0 Å². The Morgan fingerprint density at radius 1 is 1.11 bits per heavy atom. The summed E-state index contributed by atoms with van der Waals surface area (Å²) in [6, 6.07) is 0. The molecule has 0 fully saturated rings. The number of ether oxygens (including phenoxy) is 1. The van der Waals surface area contributed by atoms with E-state index in [0.29, 0.717) is 13.0 Å². The fourth-order valence-electron chi connectivity index (χ4n) is 1.46. The zero-order valence-electron chi connectivity index (χ0n) is 12.2. The number of rotatable bonds is 8. The van der Waals surface area contributed by atoms with Gasteiger partial charge in [0.1, 0.15) is 5.54 Å². The molecule has 0 aromatic carbocycles. The molecule has 2 amide bonds. The van der Waals surface area contributed by atoms with Crippen LogP contribution in [0.1, 0.15) is 46.5 Å². The van der Waals surface area contributed by atoms with E-state index in [9.17, 15) is 14.4 Å². The van der Waals surface area contributed by atoms with Crippen molar-refractivity contribution in [1.29, 1.82) is 0 Å². The number of amides is 2. The molecule has 0 aliphatic carbocycles. The van der Waals surface area contributed by atoms with E-state index in [-0.39, 0.29) is 24.7 Å². The van der Waals surface area contributed by atoms with E-state index in [2.05, 4.69) is 15.4 Å². The third-order valence-corrected chi connectivity index (χ3v) is 2.91. The summed E-state index contributed by atoms with van der Waals surface area (Å²) in [6.07, 6.45) is 1.45. The standard InChI is InChI=1S/C13H24N2O4/c1-5-9-14-10(16)7-8-11(17)15-13(3,6-2)12(18)19-4/h5-9H2,1-4H3,(H,14,16)(H,15,17). The molecule has 0 aromatic heterocycles. The summed E-state index contributed by atoms with van der Waals surface area (Å²) < 4.78 is 4.65. The Morgan fingerprint density at radius 3 is 2.16 bits per heavy atom. The van der Waals surface area contributed by atoms with E-state index in [1.807, 2.05) is 6.92 Å². The lowest BCUT2D eigenvalue weighted by Crippen LogP contribution is -2.52. The summed E-state index contributed by atoms with van der Waals surface area (Å²) in [6.45, 7) is 5.95. The molecule has 1 atom stereocenters. The summed E-state index contributed by atoms with van der Waals surface area (Å²) in [5.74, 6) is -0.978. The van der Waals surface area contributed by atoms with Gasteiger partial charge in [0.05, 0.1) is 7.11 Å². The Bertz CT molecular complexity index is 331. The Balaban J connectivity index is 4.22. The largest absolute Gasteiger partial charge is 0.467 e. The minimum atomic E-state index is -1.04. The van der Waals surface area contributed by atoms with Gasteiger partial charge in [0, 0.05) is 19.4 Å². The molecule has 1 unspecified atom stereocenters. The van der Waals surface area contributed by atoms with Crippen molar-refractivity contribution in [3.63, 3.8) is 0 Å². The van der Waals surface area contributed by atoms with E-state index in [1.165, 1.54) is 7.11 Å². The Kier molecular flexibility index (Phi) is 7.79. The highest BCUT2D eigenvalue weighted by molar-refractivity contribution is 5.89. The van der Waals surface area contributed by atoms with E-state index < -0.39 is 11.5 Å². The van der Waals surface area contributed by atoms with Crippen LogP contribution in [0.3, 0.4) is 0 Å². The molecule has 110 valence electrons. The number of carbonyl (C=O) groups is 3. The molecule has 6 nitrogen and oxygen atoms in total. The lowest BCUT2D eigenvalue weighted by molar-refractivity contribution is -0.150. The van der Waals surface area contributed by atoms with Crippen LogP contribution in [0.5, 0.6) is 0 Å². The van der Waals surface area contributed by atoms with Gasteiger partial charge in [-0.05, 0) is 19.8 Å². The zero-order valence-corrected chi connectivity index (χ0v) is 12.2. The quantitative estimate of drug-likeness (QED) is 0.639. The number of methoxy groups -OCH3 is 1. The molecule has 2 N–H and O–H groups in total. The average Bonchev–Trinajstić information content (AvgIpc) is 2.41. The van der Waals surface area contributed by atoms with Gasteiger partial charge in [-0.25, -0.2) is 4.79 Å². The summed E-state index contributed by atoms with van der Waals surface area (Å²) in [5, 5.41) is 5.30. The van der Waals surface area contributed by atoms with Crippen LogP contribution >= 0.6 is 0 Å². The van der Waals surface area contributed by atoms with Gasteiger partial charge in [-0.3, -0.25) is 9.59 Å². The predicted octanol–water partition coefficient (Wildman–Crippen LogP) is 0.751. The molecule has 0 aliphatic rings. The van der Waals surface area contributed by atoms with E-state index in [4.69, 9.17) is 0 Å². The van der Waals surface area contributed by atoms with Gasteiger partial charge in [0.2, 0.25) is 11.8 Å². The monoisotopic (exact) mass is 272 g/mol. The zero-order chi connectivity index (χ0) is 14.9. The Hall–Kier alpha value is -1.59. The smallest absolute Gasteiger partial charge is 0.331 e. The average molecular weight is 272 g/mol. The van der Waals surface area contributed by atoms with Crippen molar-refractivity contribution in [3.05, 3.63) is 0 Å². The number of esters is 1. The van der Waals surface area contributed by atoms with Crippen molar-refractivity contribution < 1.29 is 19.1 Å². The molecule has 0 bridgehead atoms. The molecule has 0 rings (SSSR count). The highest BCUT2D eigenvalue weighted by Gasteiger charge is 2.33. The summed E-state index contributed by atoms with van der Waals surface area (Å²) in [7, 11) is 1.28. The molecular formula is C13H24N2O4. The van der Waals surface area contributed by atoms with Gasteiger partial charge in [-0.2, -0.15) is 0 Å². The first-order valence-corrected chi connectivity index (χ1v) is 6.55. The van der Waals surface area contributed by atoms with Crippen molar-refractivity contribution in [2.45, 2.75) is 52.0 Å². The number of hydrogen-bond donors (Lipinski definition) is 2. The van der Waals surface area contributed by atoms with Gasteiger partial charge in [-0.15, -0.1) is 0 Å². The lowest BCUT2D eigenvalue weighted by atomic mass is 9.99. The van der Waals surface area contributed by atoms with Crippen molar-refractivity contribution in [2.24, 2.45) is 0 Å². The third kappa shape index (κ3) is 6.22. The normalized spacial score (nSPS) is 13.3. The third-order valence-electron chi connectivity index (χ3n) is 2.91. The van der Waals surface area contributed by atoms with Crippen LogP contribution in [0.2, 0.25) is 0 Å². The Labute approximate surface area is 114 Å². The number of carbonyl (C=O) groups excluding carboxylic acids is 3. The number of nitrogens with one attached hydrogen (secondary N) is 2. The second-order valence-corrected chi connectivity index (χ2v) is 4.58. The maximum Gasteiger partial charge on any atom is 0.331 e. The van der Waals surface area contributed by atoms with Crippen LogP contribution in [0.15, 0.2) is 0 Å². The molecule has 0 saturated carbocycles. The van der Waals surface area contributed by atoms with Crippen molar-refractivity contribution in [3.8, 4) is 0 Å². The van der Waals surface area contributed by atoms with Crippen LogP contribution in [-0.2, 0) is 19.1 Å².